The van der Waals surface area contributed by atoms with Crippen LogP contribution in [-0.4, -0.2) is 6.03 Å². The SMILES string of the molecule is NC(=O)N[CH]Cc1ccccc1. The molecule has 0 aliphatic carbocycles. The Kier molecular flexibility index (Phi) is 3.14. The molecular formula is C9H11N2O. The van der Waals surface area contributed by atoms with Gasteiger partial charge in [-0.25, -0.2) is 4.79 Å². The van der Waals surface area contributed by atoms with Crippen molar-refractivity contribution in [1.82, 2.24) is 5.32 Å². The molecule has 1 radical (unpaired) electrons. The smallest absolute Gasteiger partial charge is 0.312 e. The van der Waals surface area contributed by atoms with Crippen molar-refractivity contribution in [2.75, 3.05) is 0 Å². The van der Waals surface area contributed by atoms with Gasteiger partial charge in [-0.15, -0.1) is 0 Å². The molecule has 0 saturated heterocycles. The average Bonchev–Trinajstić information content (AvgIpc) is 2.05. The van der Waals surface area contributed by atoms with Crippen molar-refractivity contribution in [2.45, 2.75) is 6.42 Å². The minimum atomic E-state index is -0.522. The van der Waals surface area contributed by atoms with Crippen LogP contribution in [0.25, 0.3) is 0 Å². The molecule has 1 aromatic carbocycles. The van der Waals surface area contributed by atoms with E-state index in [1.807, 2.05) is 30.3 Å². The van der Waals surface area contributed by atoms with Crippen LogP contribution in [0.15, 0.2) is 30.3 Å². The molecule has 0 aromatic heterocycles. The van der Waals surface area contributed by atoms with Gasteiger partial charge < -0.3 is 11.1 Å². The predicted molar refractivity (Wildman–Crippen MR) is 47.2 cm³/mol. The van der Waals surface area contributed by atoms with E-state index in [-0.39, 0.29) is 0 Å². The zero-order valence-corrected chi connectivity index (χ0v) is 6.66. The van der Waals surface area contributed by atoms with Crippen molar-refractivity contribution in [1.29, 1.82) is 0 Å². The van der Waals surface area contributed by atoms with Gasteiger partial charge in [-0.3, -0.25) is 0 Å². The second-order valence-corrected chi connectivity index (χ2v) is 2.40. The molecule has 0 spiro atoms. The Balaban J connectivity index is 2.29. The maximum atomic E-state index is 10.3. The van der Waals surface area contributed by atoms with E-state index < -0.39 is 6.03 Å². The Bertz CT molecular complexity index is 246. The van der Waals surface area contributed by atoms with E-state index in [1.165, 1.54) is 0 Å². The second-order valence-electron chi connectivity index (χ2n) is 2.40. The number of urea groups is 1. The van der Waals surface area contributed by atoms with Crippen LogP contribution in [0.2, 0.25) is 0 Å². The fraction of sp³-hybridized carbons (Fsp3) is 0.111. The summed E-state index contributed by atoms with van der Waals surface area (Å²) in [6.07, 6.45) is 0.698. The molecular weight excluding hydrogens is 152 g/mol. The number of amides is 2. The lowest BCUT2D eigenvalue weighted by atomic mass is 10.1. The summed E-state index contributed by atoms with van der Waals surface area (Å²) < 4.78 is 0. The molecule has 0 aliphatic heterocycles. The molecule has 0 fully saturated rings. The van der Waals surface area contributed by atoms with E-state index in [0.717, 1.165) is 5.56 Å². The topological polar surface area (TPSA) is 55.1 Å². The number of nitrogens with two attached hydrogens (primary N) is 1. The predicted octanol–water partition coefficient (Wildman–Crippen LogP) is 1.06. The van der Waals surface area contributed by atoms with Crippen molar-refractivity contribution >= 4 is 6.03 Å². The summed E-state index contributed by atoms with van der Waals surface area (Å²) in [5.41, 5.74) is 6.02. The number of primary amides is 1. The van der Waals surface area contributed by atoms with Crippen LogP contribution in [0.3, 0.4) is 0 Å². The Morgan fingerprint density at radius 1 is 1.42 bits per heavy atom. The number of hydrogen-bond acceptors (Lipinski definition) is 1. The quantitative estimate of drug-likeness (QED) is 0.687. The van der Waals surface area contributed by atoms with Gasteiger partial charge in [-0.2, -0.15) is 0 Å². The van der Waals surface area contributed by atoms with Crippen molar-refractivity contribution in [2.24, 2.45) is 5.73 Å². The average molecular weight is 163 g/mol. The van der Waals surface area contributed by atoms with E-state index in [9.17, 15) is 4.79 Å². The van der Waals surface area contributed by atoms with E-state index in [4.69, 9.17) is 5.73 Å². The first kappa shape index (κ1) is 8.59. The third-order valence-corrected chi connectivity index (χ3v) is 1.42. The lowest BCUT2D eigenvalue weighted by Crippen LogP contribution is -2.27. The summed E-state index contributed by atoms with van der Waals surface area (Å²) in [6, 6.07) is 9.30. The standard InChI is InChI=1S/C9H11N2O/c10-9(12)11-7-6-8-4-2-1-3-5-8/h1-5,7H,6H2,(H3,10,11,12). The van der Waals surface area contributed by atoms with Crippen LogP contribution in [-0.2, 0) is 6.42 Å². The Labute approximate surface area is 71.6 Å². The van der Waals surface area contributed by atoms with Crippen molar-refractivity contribution < 1.29 is 4.79 Å². The highest BCUT2D eigenvalue weighted by molar-refractivity contribution is 5.72. The largest absolute Gasteiger partial charge is 0.352 e. The lowest BCUT2D eigenvalue weighted by molar-refractivity contribution is 0.251. The van der Waals surface area contributed by atoms with Crippen LogP contribution >= 0.6 is 0 Å². The van der Waals surface area contributed by atoms with Gasteiger partial charge in [0, 0.05) is 0 Å². The van der Waals surface area contributed by atoms with Gasteiger partial charge in [-0.1, -0.05) is 30.3 Å². The number of carbonyl (C=O) groups excluding carboxylic acids is 1. The molecule has 1 rings (SSSR count). The second kappa shape index (κ2) is 4.38. The number of benzene rings is 1. The summed E-state index contributed by atoms with van der Waals surface area (Å²) in [5, 5.41) is 2.41. The first-order valence-corrected chi connectivity index (χ1v) is 3.70. The van der Waals surface area contributed by atoms with E-state index in [1.54, 1.807) is 6.54 Å². The molecule has 0 bridgehead atoms. The van der Waals surface area contributed by atoms with E-state index >= 15 is 0 Å². The monoisotopic (exact) mass is 163 g/mol. The van der Waals surface area contributed by atoms with E-state index in [0.29, 0.717) is 6.42 Å². The molecule has 12 heavy (non-hydrogen) atoms. The molecule has 3 N–H and O–H groups in total. The molecule has 0 unspecified atom stereocenters. The van der Waals surface area contributed by atoms with Gasteiger partial charge in [-0.05, 0) is 12.0 Å². The molecule has 2 amide bonds. The normalized spacial score (nSPS) is 9.33. The van der Waals surface area contributed by atoms with Gasteiger partial charge in [0.2, 0.25) is 0 Å². The first-order valence-electron chi connectivity index (χ1n) is 3.70. The van der Waals surface area contributed by atoms with Gasteiger partial charge in [0.05, 0.1) is 6.54 Å². The molecule has 0 heterocycles. The minimum absolute atomic E-state index is 0.522. The Morgan fingerprint density at radius 2 is 2.08 bits per heavy atom. The minimum Gasteiger partial charge on any atom is -0.352 e. The van der Waals surface area contributed by atoms with E-state index in [2.05, 4.69) is 5.32 Å². The van der Waals surface area contributed by atoms with Crippen molar-refractivity contribution in [3.63, 3.8) is 0 Å². The zero-order valence-electron chi connectivity index (χ0n) is 6.66. The van der Waals surface area contributed by atoms with Crippen molar-refractivity contribution in [3.05, 3.63) is 42.4 Å². The molecule has 0 atom stereocenters. The fourth-order valence-corrected chi connectivity index (χ4v) is 0.884. The summed E-state index contributed by atoms with van der Waals surface area (Å²) >= 11 is 0. The van der Waals surface area contributed by atoms with Gasteiger partial charge in [0.25, 0.3) is 0 Å². The van der Waals surface area contributed by atoms with Gasteiger partial charge >= 0.3 is 6.03 Å². The zero-order chi connectivity index (χ0) is 8.81. The molecule has 0 saturated carbocycles. The summed E-state index contributed by atoms with van der Waals surface area (Å²) in [5.74, 6) is 0. The Hall–Kier alpha value is -1.51. The highest BCUT2D eigenvalue weighted by Crippen LogP contribution is 1.99. The van der Waals surface area contributed by atoms with Crippen LogP contribution in [0.4, 0.5) is 4.79 Å². The van der Waals surface area contributed by atoms with Crippen LogP contribution < -0.4 is 11.1 Å². The molecule has 1 aromatic rings. The van der Waals surface area contributed by atoms with Crippen molar-refractivity contribution in [3.8, 4) is 0 Å². The summed E-state index contributed by atoms with van der Waals surface area (Å²) in [4.78, 5) is 10.3. The highest BCUT2D eigenvalue weighted by Gasteiger charge is 1.93. The summed E-state index contributed by atoms with van der Waals surface area (Å²) in [7, 11) is 0. The lowest BCUT2D eigenvalue weighted by Gasteiger charge is -2.00. The Morgan fingerprint density at radius 3 is 2.67 bits per heavy atom. The molecule has 0 aliphatic rings. The molecule has 3 nitrogen and oxygen atoms in total. The molecule has 3 heteroatoms. The van der Waals surface area contributed by atoms with Gasteiger partial charge in [0.1, 0.15) is 0 Å². The maximum Gasteiger partial charge on any atom is 0.312 e. The number of nitrogens with one attached hydrogen (secondary N) is 1. The fourth-order valence-electron chi connectivity index (χ4n) is 0.884. The first-order chi connectivity index (χ1) is 5.79. The summed E-state index contributed by atoms with van der Waals surface area (Å²) in [6.45, 7) is 1.64. The highest BCUT2D eigenvalue weighted by atomic mass is 16.2. The maximum absolute atomic E-state index is 10.3. The third-order valence-electron chi connectivity index (χ3n) is 1.42. The number of carbonyl (C=O) groups is 1. The van der Waals surface area contributed by atoms with Crippen LogP contribution in [0.5, 0.6) is 0 Å². The van der Waals surface area contributed by atoms with Gasteiger partial charge in [0.15, 0.2) is 0 Å². The van der Waals surface area contributed by atoms with Crippen LogP contribution in [0.1, 0.15) is 5.56 Å². The third kappa shape index (κ3) is 3.05. The number of rotatable bonds is 3. The molecule has 63 valence electrons. The van der Waals surface area contributed by atoms with Crippen LogP contribution in [0, 0.1) is 6.54 Å². The number of hydrogen-bond donors (Lipinski definition) is 2.